The normalized spacial score (nSPS) is 15.0. The highest BCUT2D eigenvalue weighted by Crippen LogP contribution is 2.39. The monoisotopic (exact) mass is 348 g/mol. The van der Waals surface area contributed by atoms with Crippen molar-refractivity contribution in [3.63, 3.8) is 0 Å². The Morgan fingerprint density at radius 1 is 1.46 bits per heavy atom. The maximum Gasteiger partial charge on any atom is 0.292 e. The molecule has 0 radical (unpaired) electrons. The number of benzene rings is 1. The van der Waals surface area contributed by atoms with Crippen molar-refractivity contribution in [2.45, 2.75) is 36.1 Å². The Hall–Kier alpha value is -2.62. The number of nitrogen functional groups attached to an aromatic ring is 1. The number of amides is 1. The number of nitrogens with one attached hydrogen (secondary N) is 1. The molecule has 1 amide bonds. The van der Waals surface area contributed by atoms with Gasteiger partial charge in [-0.25, -0.2) is 4.68 Å². The Morgan fingerprint density at radius 2 is 2.17 bits per heavy atom. The molecule has 1 saturated carbocycles. The molecule has 3 rings (SSSR count). The maximum atomic E-state index is 12.3. The first-order valence-corrected chi connectivity index (χ1v) is 8.26. The SMILES string of the molecule is C[C@@H](Sc1nnc(C2CC2)n1N)C(=O)Nc1ccccc1[N+](=O)[O-]. The van der Waals surface area contributed by atoms with E-state index < -0.39 is 10.2 Å². The van der Waals surface area contributed by atoms with Crippen LogP contribution < -0.4 is 11.2 Å². The number of para-hydroxylation sites is 2. The molecule has 3 N–H and O–H groups in total. The molecule has 1 aliphatic rings. The number of thioether (sulfide) groups is 1. The fourth-order valence-corrected chi connectivity index (χ4v) is 2.95. The Labute approximate surface area is 141 Å². The number of carbonyl (C=O) groups is 1. The Balaban J connectivity index is 1.68. The standard InChI is InChI=1S/C14H16N6O3S/c1-8(24-14-18-17-12(19(14)15)9-6-7-9)13(21)16-10-4-2-3-5-11(10)20(22)23/h2-5,8-9H,6-7,15H2,1H3,(H,16,21)/t8-/m1/s1. The van der Waals surface area contributed by atoms with E-state index in [0.29, 0.717) is 11.1 Å². The van der Waals surface area contributed by atoms with Gasteiger partial charge in [-0.1, -0.05) is 23.9 Å². The number of carbonyl (C=O) groups excluding carboxylic acids is 1. The van der Waals surface area contributed by atoms with Crippen molar-refractivity contribution in [1.29, 1.82) is 0 Å². The van der Waals surface area contributed by atoms with E-state index in [9.17, 15) is 14.9 Å². The molecule has 9 nitrogen and oxygen atoms in total. The third-order valence-electron chi connectivity index (χ3n) is 3.64. The molecule has 1 heterocycles. The van der Waals surface area contributed by atoms with Crippen LogP contribution in [0.1, 0.15) is 31.5 Å². The van der Waals surface area contributed by atoms with Gasteiger partial charge in [-0.05, 0) is 25.8 Å². The average Bonchev–Trinajstić information content (AvgIpc) is 3.33. The summed E-state index contributed by atoms with van der Waals surface area (Å²) in [4.78, 5) is 22.8. The predicted molar refractivity (Wildman–Crippen MR) is 89.2 cm³/mol. The maximum absolute atomic E-state index is 12.3. The third-order valence-corrected chi connectivity index (χ3v) is 4.70. The number of aromatic nitrogens is 3. The first-order valence-electron chi connectivity index (χ1n) is 7.38. The van der Waals surface area contributed by atoms with Gasteiger partial charge in [-0.3, -0.25) is 14.9 Å². The lowest BCUT2D eigenvalue weighted by Crippen LogP contribution is -2.24. The molecule has 126 valence electrons. The zero-order valence-corrected chi connectivity index (χ0v) is 13.7. The topological polar surface area (TPSA) is 129 Å². The smallest absolute Gasteiger partial charge is 0.292 e. The molecular formula is C14H16N6O3S. The molecule has 0 bridgehead atoms. The van der Waals surface area contributed by atoms with E-state index in [2.05, 4.69) is 15.5 Å². The number of hydrogen-bond donors (Lipinski definition) is 2. The number of nitrogens with zero attached hydrogens (tertiary/aromatic N) is 4. The molecule has 1 fully saturated rings. The van der Waals surface area contributed by atoms with Gasteiger partial charge in [0.2, 0.25) is 11.1 Å². The minimum Gasteiger partial charge on any atom is -0.336 e. The zero-order chi connectivity index (χ0) is 17.3. The summed E-state index contributed by atoms with van der Waals surface area (Å²) in [5, 5.41) is 21.5. The summed E-state index contributed by atoms with van der Waals surface area (Å²) in [5.74, 6) is 6.67. The highest BCUT2D eigenvalue weighted by Gasteiger charge is 2.30. The fraction of sp³-hybridized carbons (Fsp3) is 0.357. The minimum atomic E-state index is -0.539. The molecule has 0 unspecified atom stereocenters. The molecule has 2 aromatic rings. The van der Waals surface area contributed by atoms with Crippen molar-refractivity contribution in [3.05, 3.63) is 40.2 Å². The second-order valence-electron chi connectivity index (χ2n) is 5.51. The zero-order valence-electron chi connectivity index (χ0n) is 12.9. The van der Waals surface area contributed by atoms with Crippen molar-refractivity contribution in [2.75, 3.05) is 11.2 Å². The third kappa shape index (κ3) is 3.32. The molecule has 1 aromatic carbocycles. The molecule has 0 saturated heterocycles. The molecule has 0 aliphatic heterocycles. The number of nitro groups is 1. The van der Waals surface area contributed by atoms with Crippen molar-refractivity contribution in [3.8, 4) is 0 Å². The van der Waals surface area contributed by atoms with E-state index in [1.165, 1.54) is 16.8 Å². The van der Waals surface area contributed by atoms with E-state index in [1.807, 2.05) is 0 Å². The van der Waals surface area contributed by atoms with E-state index in [4.69, 9.17) is 5.84 Å². The van der Waals surface area contributed by atoms with Gasteiger partial charge in [0.25, 0.3) is 5.69 Å². The van der Waals surface area contributed by atoms with Gasteiger partial charge < -0.3 is 11.2 Å². The lowest BCUT2D eigenvalue weighted by Gasteiger charge is -2.11. The summed E-state index contributed by atoms with van der Waals surface area (Å²) < 4.78 is 1.41. The Bertz CT molecular complexity index is 789. The van der Waals surface area contributed by atoms with Gasteiger partial charge in [-0.2, -0.15) is 0 Å². The lowest BCUT2D eigenvalue weighted by atomic mass is 10.2. The van der Waals surface area contributed by atoms with Gasteiger partial charge in [0, 0.05) is 12.0 Å². The predicted octanol–water partition coefficient (Wildman–Crippen LogP) is 1.90. The summed E-state index contributed by atoms with van der Waals surface area (Å²) >= 11 is 1.16. The number of rotatable bonds is 6. The first kappa shape index (κ1) is 16.2. The molecule has 24 heavy (non-hydrogen) atoms. The summed E-state index contributed by atoms with van der Waals surface area (Å²) in [6, 6.07) is 6.00. The van der Waals surface area contributed by atoms with Crippen LogP contribution in [0.4, 0.5) is 11.4 Å². The summed E-state index contributed by atoms with van der Waals surface area (Å²) in [5.41, 5.74) is 0.00824. The average molecular weight is 348 g/mol. The van der Waals surface area contributed by atoms with Crippen molar-refractivity contribution in [1.82, 2.24) is 14.9 Å². The molecule has 0 spiro atoms. The summed E-state index contributed by atoms with van der Waals surface area (Å²) in [6.07, 6.45) is 2.10. The molecule has 10 heteroatoms. The molecular weight excluding hydrogens is 332 g/mol. The minimum absolute atomic E-state index is 0.152. The molecule has 1 aliphatic carbocycles. The van der Waals surface area contributed by atoms with Crippen LogP contribution in [-0.4, -0.2) is 31.0 Å². The number of hydrogen-bond acceptors (Lipinski definition) is 7. The van der Waals surface area contributed by atoms with Gasteiger partial charge in [-0.15, -0.1) is 10.2 Å². The fourth-order valence-electron chi connectivity index (χ4n) is 2.17. The van der Waals surface area contributed by atoms with E-state index in [0.717, 1.165) is 30.4 Å². The molecule has 1 atom stereocenters. The van der Waals surface area contributed by atoms with Crippen LogP contribution in [-0.2, 0) is 4.79 Å². The second-order valence-corrected chi connectivity index (χ2v) is 6.82. The number of nitro benzene ring substituents is 1. The van der Waals surface area contributed by atoms with Crippen LogP contribution in [0.2, 0.25) is 0 Å². The second kappa shape index (κ2) is 6.48. The van der Waals surface area contributed by atoms with Crippen LogP contribution in [0.15, 0.2) is 29.4 Å². The van der Waals surface area contributed by atoms with Crippen LogP contribution in [0.5, 0.6) is 0 Å². The Kier molecular flexibility index (Phi) is 4.38. The number of anilines is 1. The quantitative estimate of drug-likeness (QED) is 0.353. The van der Waals surface area contributed by atoms with Crippen molar-refractivity contribution in [2.24, 2.45) is 0 Å². The van der Waals surface area contributed by atoms with Crippen LogP contribution in [0.3, 0.4) is 0 Å². The van der Waals surface area contributed by atoms with Crippen molar-refractivity contribution >= 4 is 29.0 Å². The first-order chi connectivity index (χ1) is 11.5. The van der Waals surface area contributed by atoms with E-state index in [-0.39, 0.29) is 17.3 Å². The van der Waals surface area contributed by atoms with E-state index >= 15 is 0 Å². The molecule has 1 aromatic heterocycles. The van der Waals surface area contributed by atoms with Crippen LogP contribution in [0.25, 0.3) is 0 Å². The largest absolute Gasteiger partial charge is 0.336 e. The lowest BCUT2D eigenvalue weighted by molar-refractivity contribution is -0.383. The van der Waals surface area contributed by atoms with E-state index in [1.54, 1.807) is 19.1 Å². The van der Waals surface area contributed by atoms with Crippen molar-refractivity contribution < 1.29 is 9.72 Å². The van der Waals surface area contributed by atoms with Gasteiger partial charge in [0.1, 0.15) is 5.69 Å². The highest BCUT2D eigenvalue weighted by atomic mass is 32.2. The number of nitrogens with two attached hydrogens (primary N) is 1. The summed E-state index contributed by atoms with van der Waals surface area (Å²) in [7, 11) is 0. The van der Waals surface area contributed by atoms with Crippen LogP contribution >= 0.6 is 11.8 Å². The van der Waals surface area contributed by atoms with Gasteiger partial charge in [0.05, 0.1) is 10.2 Å². The highest BCUT2D eigenvalue weighted by molar-refractivity contribution is 8.00. The summed E-state index contributed by atoms with van der Waals surface area (Å²) in [6.45, 7) is 1.68. The van der Waals surface area contributed by atoms with Gasteiger partial charge in [0.15, 0.2) is 5.82 Å². The van der Waals surface area contributed by atoms with Gasteiger partial charge >= 0.3 is 0 Å². The van der Waals surface area contributed by atoms with Crippen LogP contribution in [0, 0.1) is 10.1 Å². The Morgan fingerprint density at radius 3 is 2.83 bits per heavy atom.